The van der Waals surface area contributed by atoms with Crippen LogP contribution < -0.4 is 0 Å². The number of likely N-dealkylation sites (tertiary alicyclic amines) is 1. The van der Waals surface area contributed by atoms with Crippen LogP contribution in [-0.4, -0.2) is 35.4 Å². The van der Waals surface area contributed by atoms with E-state index in [1.165, 1.54) is 25.7 Å². The summed E-state index contributed by atoms with van der Waals surface area (Å²) in [5.41, 5.74) is 0. The van der Waals surface area contributed by atoms with Crippen LogP contribution in [0.1, 0.15) is 39.5 Å². The quantitative estimate of drug-likeness (QED) is 0.676. The number of nitrogens with zero attached hydrogens (tertiary/aromatic N) is 1. The van der Waals surface area contributed by atoms with Crippen molar-refractivity contribution in [3.63, 3.8) is 0 Å². The number of carbonyl (C=O) groups is 1. The first kappa shape index (κ1) is 12.9. The molecular formula is C12H23NOS. The SMILES string of the molecule is CCCCSCC(=O)N1CCC(C)CC1. The Bertz CT molecular complexity index is 188. The van der Waals surface area contributed by atoms with Crippen molar-refractivity contribution in [1.29, 1.82) is 0 Å². The van der Waals surface area contributed by atoms with Crippen LogP contribution in [0.25, 0.3) is 0 Å². The molecule has 0 unspecified atom stereocenters. The van der Waals surface area contributed by atoms with Crippen LogP contribution in [-0.2, 0) is 4.79 Å². The van der Waals surface area contributed by atoms with E-state index in [0.29, 0.717) is 11.7 Å². The smallest absolute Gasteiger partial charge is 0.232 e. The van der Waals surface area contributed by atoms with Gasteiger partial charge in [0.25, 0.3) is 0 Å². The molecule has 0 aromatic heterocycles. The summed E-state index contributed by atoms with van der Waals surface area (Å²) in [5, 5.41) is 0. The van der Waals surface area contributed by atoms with E-state index in [0.717, 1.165) is 24.8 Å². The second-order valence-electron chi connectivity index (χ2n) is 4.47. The summed E-state index contributed by atoms with van der Waals surface area (Å²) >= 11 is 1.79. The van der Waals surface area contributed by atoms with E-state index >= 15 is 0 Å². The molecule has 1 aliphatic rings. The monoisotopic (exact) mass is 229 g/mol. The molecule has 0 aromatic carbocycles. The van der Waals surface area contributed by atoms with E-state index < -0.39 is 0 Å². The maximum Gasteiger partial charge on any atom is 0.232 e. The Hall–Kier alpha value is -0.180. The number of piperidine rings is 1. The maximum atomic E-state index is 11.8. The third-order valence-electron chi connectivity index (χ3n) is 3.00. The van der Waals surface area contributed by atoms with Crippen LogP contribution in [0.15, 0.2) is 0 Å². The van der Waals surface area contributed by atoms with Crippen molar-refractivity contribution in [2.75, 3.05) is 24.6 Å². The topological polar surface area (TPSA) is 20.3 Å². The zero-order valence-electron chi connectivity index (χ0n) is 10.00. The van der Waals surface area contributed by atoms with Crippen LogP contribution in [0.5, 0.6) is 0 Å². The molecule has 1 rings (SSSR count). The first-order chi connectivity index (χ1) is 7.24. The van der Waals surface area contributed by atoms with Gasteiger partial charge in [0.15, 0.2) is 0 Å². The number of rotatable bonds is 5. The molecule has 15 heavy (non-hydrogen) atoms. The predicted octanol–water partition coefficient (Wildman–Crippen LogP) is 2.78. The lowest BCUT2D eigenvalue weighted by Gasteiger charge is -2.30. The number of unbranched alkanes of at least 4 members (excludes halogenated alkanes) is 1. The van der Waals surface area contributed by atoms with Gasteiger partial charge < -0.3 is 4.90 Å². The molecule has 0 saturated carbocycles. The van der Waals surface area contributed by atoms with E-state index in [-0.39, 0.29) is 0 Å². The molecule has 0 radical (unpaired) electrons. The molecule has 0 spiro atoms. The summed E-state index contributed by atoms with van der Waals surface area (Å²) < 4.78 is 0. The number of amides is 1. The van der Waals surface area contributed by atoms with Crippen LogP contribution >= 0.6 is 11.8 Å². The van der Waals surface area contributed by atoms with Crippen molar-refractivity contribution in [2.24, 2.45) is 5.92 Å². The van der Waals surface area contributed by atoms with Crippen molar-refractivity contribution in [3.8, 4) is 0 Å². The average Bonchev–Trinajstić information content (AvgIpc) is 2.25. The van der Waals surface area contributed by atoms with Crippen LogP contribution in [0.2, 0.25) is 0 Å². The van der Waals surface area contributed by atoms with Gasteiger partial charge in [0.05, 0.1) is 5.75 Å². The molecule has 0 aliphatic carbocycles. The Balaban J connectivity index is 2.11. The molecule has 2 nitrogen and oxygen atoms in total. The lowest BCUT2D eigenvalue weighted by Crippen LogP contribution is -2.38. The molecular weight excluding hydrogens is 206 g/mol. The molecule has 0 atom stereocenters. The zero-order chi connectivity index (χ0) is 11.1. The molecule has 0 bridgehead atoms. The second-order valence-corrected chi connectivity index (χ2v) is 5.57. The van der Waals surface area contributed by atoms with Crippen molar-refractivity contribution >= 4 is 17.7 Å². The van der Waals surface area contributed by atoms with Gasteiger partial charge in [-0.05, 0) is 30.9 Å². The summed E-state index contributed by atoms with van der Waals surface area (Å²) in [6.07, 6.45) is 4.83. The molecule has 1 fully saturated rings. The van der Waals surface area contributed by atoms with Crippen LogP contribution in [0.4, 0.5) is 0 Å². The highest BCUT2D eigenvalue weighted by Crippen LogP contribution is 2.17. The van der Waals surface area contributed by atoms with E-state index in [1.807, 2.05) is 4.90 Å². The third-order valence-corrected chi connectivity index (χ3v) is 4.03. The van der Waals surface area contributed by atoms with Gasteiger partial charge >= 0.3 is 0 Å². The van der Waals surface area contributed by atoms with Crippen LogP contribution in [0, 0.1) is 5.92 Å². The minimum atomic E-state index is 0.350. The molecule has 1 heterocycles. The van der Waals surface area contributed by atoms with E-state index in [9.17, 15) is 4.79 Å². The van der Waals surface area contributed by atoms with E-state index in [1.54, 1.807) is 11.8 Å². The van der Waals surface area contributed by atoms with Gasteiger partial charge in [0, 0.05) is 13.1 Å². The van der Waals surface area contributed by atoms with Gasteiger partial charge in [0.2, 0.25) is 5.91 Å². The number of hydrogen-bond donors (Lipinski definition) is 0. The zero-order valence-corrected chi connectivity index (χ0v) is 10.8. The lowest BCUT2D eigenvalue weighted by molar-refractivity contribution is -0.129. The third kappa shape index (κ3) is 4.92. The largest absolute Gasteiger partial charge is 0.342 e. The molecule has 1 saturated heterocycles. The van der Waals surface area contributed by atoms with E-state index in [4.69, 9.17) is 0 Å². The fraction of sp³-hybridized carbons (Fsp3) is 0.917. The first-order valence-electron chi connectivity index (χ1n) is 6.09. The standard InChI is InChI=1S/C12H23NOS/c1-3-4-9-15-10-12(14)13-7-5-11(2)6-8-13/h11H,3-10H2,1-2H3. The molecule has 0 N–H and O–H groups in total. The minimum Gasteiger partial charge on any atom is -0.342 e. The Labute approximate surface area is 97.8 Å². The molecule has 0 aromatic rings. The minimum absolute atomic E-state index is 0.350. The van der Waals surface area contributed by atoms with Gasteiger partial charge in [-0.2, -0.15) is 11.8 Å². The highest BCUT2D eigenvalue weighted by Gasteiger charge is 2.19. The highest BCUT2D eigenvalue weighted by molar-refractivity contribution is 7.99. The summed E-state index contributed by atoms with van der Waals surface area (Å²) in [6.45, 7) is 6.43. The highest BCUT2D eigenvalue weighted by atomic mass is 32.2. The Morgan fingerprint density at radius 2 is 2.07 bits per heavy atom. The maximum absolute atomic E-state index is 11.8. The Kier molecular flexibility index (Phi) is 6.15. The Morgan fingerprint density at radius 1 is 1.40 bits per heavy atom. The fourth-order valence-corrected chi connectivity index (χ4v) is 2.75. The van der Waals surface area contributed by atoms with Gasteiger partial charge in [-0.15, -0.1) is 0 Å². The average molecular weight is 229 g/mol. The van der Waals surface area contributed by atoms with Gasteiger partial charge in [0.1, 0.15) is 0 Å². The molecule has 88 valence electrons. The van der Waals surface area contributed by atoms with Crippen molar-refractivity contribution < 1.29 is 4.79 Å². The van der Waals surface area contributed by atoms with Gasteiger partial charge in [-0.25, -0.2) is 0 Å². The molecule has 1 amide bonds. The normalized spacial score (nSPS) is 18.1. The lowest BCUT2D eigenvalue weighted by atomic mass is 9.99. The summed E-state index contributed by atoms with van der Waals surface area (Å²) in [4.78, 5) is 13.8. The van der Waals surface area contributed by atoms with Gasteiger partial charge in [-0.1, -0.05) is 20.3 Å². The summed E-state index contributed by atoms with van der Waals surface area (Å²) in [7, 11) is 0. The second kappa shape index (κ2) is 7.15. The number of thioether (sulfide) groups is 1. The number of carbonyl (C=O) groups excluding carboxylic acids is 1. The van der Waals surface area contributed by atoms with Crippen molar-refractivity contribution in [3.05, 3.63) is 0 Å². The fourth-order valence-electron chi connectivity index (χ4n) is 1.76. The van der Waals surface area contributed by atoms with Crippen molar-refractivity contribution in [2.45, 2.75) is 39.5 Å². The van der Waals surface area contributed by atoms with Gasteiger partial charge in [-0.3, -0.25) is 4.79 Å². The van der Waals surface area contributed by atoms with E-state index in [2.05, 4.69) is 13.8 Å². The predicted molar refractivity (Wildman–Crippen MR) is 67.2 cm³/mol. The molecule has 1 aliphatic heterocycles. The van der Waals surface area contributed by atoms with Crippen molar-refractivity contribution in [1.82, 2.24) is 4.90 Å². The molecule has 3 heteroatoms. The summed E-state index contributed by atoms with van der Waals surface area (Å²) in [5.74, 6) is 2.98. The van der Waals surface area contributed by atoms with Crippen LogP contribution in [0.3, 0.4) is 0 Å². The first-order valence-corrected chi connectivity index (χ1v) is 7.25. The Morgan fingerprint density at radius 3 is 2.67 bits per heavy atom. The summed E-state index contributed by atoms with van der Waals surface area (Å²) in [6, 6.07) is 0. The number of hydrogen-bond acceptors (Lipinski definition) is 2.